The van der Waals surface area contributed by atoms with E-state index in [0.29, 0.717) is 11.4 Å². The first-order chi connectivity index (χ1) is 10.6. The molecule has 10 heteroatoms. The summed E-state index contributed by atoms with van der Waals surface area (Å²) in [5.74, 6) is 0.872. The standard InChI is InChI=1S/C12H15ClN4O3S2/c13-8-6-9-11(7-10(8)21-14)22-16-12(15-9)4-2-1-3-5-20-17(18)19/h6-7H,1-5,14H2,(H,15,16). The predicted molar refractivity (Wildman–Crippen MR) is 89.0 cm³/mol. The largest absolute Gasteiger partial charge is 0.314 e. The van der Waals surface area contributed by atoms with Crippen molar-refractivity contribution in [2.24, 2.45) is 10.1 Å². The summed E-state index contributed by atoms with van der Waals surface area (Å²) in [6.45, 7) is 0.139. The van der Waals surface area contributed by atoms with Gasteiger partial charge < -0.3 is 9.56 Å². The number of hydrogen-bond acceptors (Lipinski definition) is 8. The average Bonchev–Trinajstić information content (AvgIpc) is 2.49. The van der Waals surface area contributed by atoms with Crippen LogP contribution in [0.1, 0.15) is 25.7 Å². The topological polar surface area (TPSA) is 103 Å². The molecule has 1 heterocycles. The van der Waals surface area contributed by atoms with E-state index in [1.54, 1.807) is 0 Å². The molecular formula is C12H15ClN4O3S2. The molecule has 0 unspecified atom stereocenters. The van der Waals surface area contributed by atoms with E-state index in [-0.39, 0.29) is 6.61 Å². The van der Waals surface area contributed by atoms with Crippen LogP contribution in [0.4, 0.5) is 5.69 Å². The Morgan fingerprint density at radius 2 is 2.27 bits per heavy atom. The second-order valence-corrected chi connectivity index (χ2v) is 6.43. The van der Waals surface area contributed by atoms with Crippen LogP contribution in [0, 0.1) is 10.1 Å². The van der Waals surface area contributed by atoms with Gasteiger partial charge in [-0.3, -0.25) is 5.14 Å². The zero-order chi connectivity index (χ0) is 15.9. The molecule has 7 nitrogen and oxygen atoms in total. The van der Waals surface area contributed by atoms with Crippen LogP contribution in [0.25, 0.3) is 0 Å². The summed E-state index contributed by atoms with van der Waals surface area (Å²) in [4.78, 5) is 20.6. The van der Waals surface area contributed by atoms with Crippen LogP contribution < -0.4 is 9.86 Å². The highest BCUT2D eigenvalue weighted by Gasteiger charge is 2.15. The fourth-order valence-corrected chi connectivity index (χ4v) is 3.37. The first-order valence-corrected chi connectivity index (χ1v) is 8.65. The van der Waals surface area contributed by atoms with Gasteiger partial charge >= 0.3 is 0 Å². The highest BCUT2D eigenvalue weighted by atomic mass is 35.5. The Bertz CT molecular complexity index is 586. The maximum atomic E-state index is 10.0. The number of rotatable bonds is 8. The monoisotopic (exact) mass is 362 g/mol. The Balaban J connectivity index is 1.84. The molecular weight excluding hydrogens is 348 g/mol. The van der Waals surface area contributed by atoms with Crippen molar-refractivity contribution in [3.63, 3.8) is 0 Å². The fraction of sp³-hybridized carbons (Fsp3) is 0.417. The summed E-state index contributed by atoms with van der Waals surface area (Å²) in [5, 5.41) is 15.4. The minimum absolute atomic E-state index is 0.139. The van der Waals surface area contributed by atoms with E-state index in [1.165, 1.54) is 11.9 Å². The Labute approximate surface area is 141 Å². The third kappa shape index (κ3) is 4.94. The van der Waals surface area contributed by atoms with E-state index in [1.807, 2.05) is 12.1 Å². The molecule has 1 aliphatic heterocycles. The molecule has 0 radical (unpaired) electrons. The first-order valence-electron chi connectivity index (χ1n) is 6.58. The molecule has 2 rings (SSSR count). The molecule has 0 fully saturated rings. The lowest BCUT2D eigenvalue weighted by Gasteiger charge is -2.17. The van der Waals surface area contributed by atoms with E-state index in [2.05, 4.69) is 14.6 Å². The van der Waals surface area contributed by atoms with Crippen LogP contribution in [0.2, 0.25) is 5.02 Å². The molecule has 120 valence electrons. The van der Waals surface area contributed by atoms with Gasteiger partial charge in [-0.1, -0.05) is 18.0 Å². The maximum absolute atomic E-state index is 10.0. The zero-order valence-electron chi connectivity index (χ0n) is 11.6. The minimum Gasteiger partial charge on any atom is -0.314 e. The summed E-state index contributed by atoms with van der Waals surface area (Å²) < 4.78 is 3.19. The van der Waals surface area contributed by atoms with Crippen LogP contribution in [0.15, 0.2) is 26.9 Å². The van der Waals surface area contributed by atoms with Crippen molar-refractivity contribution in [2.75, 3.05) is 6.61 Å². The van der Waals surface area contributed by atoms with Crippen LogP contribution in [0.5, 0.6) is 0 Å². The molecule has 1 aromatic carbocycles. The van der Waals surface area contributed by atoms with Crippen LogP contribution >= 0.6 is 35.5 Å². The molecule has 1 aromatic rings. The van der Waals surface area contributed by atoms with Gasteiger partial charge in [-0.15, -0.1) is 10.1 Å². The summed E-state index contributed by atoms with van der Waals surface area (Å²) in [6.07, 6.45) is 3.15. The van der Waals surface area contributed by atoms with Gasteiger partial charge in [0.1, 0.15) is 5.84 Å². The van der Waals surface area contributed by atoms with Crippen LogP contribution in [-0.2, 0) is 4.84 Å². The number of benzene rings is 1. The van der Waals surface area contributed by atoms with Gasteiger partial charge in [0, 0.05) is 11.3 Å². The Morgan fingerprint density at radius 1 is 1.45 bits per heavy atom. The lowest BCUT2D eigenvalue weighted by Crippen LogP contribution is -2.18. The lowest BCUT2D eigenvalue weighted by molar-refractivity contribution is -0.757. The van der Waals surface area contributed by atoms with Crippen LogP contribution in [-0.4, -0.2) is 17.5 Å². The highest BCUT2D eigenvalue weighted by molar-refractivity contribution is 7.98. The van der Waals surface area contributed by atoms with Crippen molar-refractivity contribution < 1.29 is 9.92 Å². The lowest BCUT2D eigenvalue weighted by atomic mass is 10.2. The molecule has 0 spiro atoms. The summed E-state index contributed by atoms with van der Waals surface area (Å²) in [5.41, 5.74) is 0.832. The average molecular weight is 363 g/mol. The van der Waals surface area contributed by atoms with Crippen LogP contribution in [0.3, 0.4) is 0 Å². The van der Waals surface area contributed by atoms with Crippen molar-refractivity contribution in [1.82, 2.24) is 4.72 Å². The maximum Gasteiger partial charge on any atom is 0.294 e. The Morgan fingerprint density at radius 3 is 3.00 bits per heavy atom. The number of halogens is 1. The van der Waals surface area contributed by atoms with E-state index in [4.69, 9.17) is 16.7 Å². The minimum atomic E-state index is -0.766. The van der Waals surface area contributed by atoms with Gasteiger partial charge in [-0.2, -0.15) is 0 Å². The molecule has 0 bridgehead atoms. The van der Waals surface area contributed by atoms with Crippen molar-refractivity contribution in [3.05, 3.63) is 27.3 Å². The third-order valence-electron chi connectivity index (χ3n) is 2.93. The number of nitrogens with zero attached hydrogens (tertiary/aromatic N) is 2. The van der Waals surface area contributed by atoms with E-state index < -0.39 is 5.09 Å². The van der Waals surface area contributed by atoms with E-state index in [9.17, 15) is 10.1 Å². The van der Waals surface area contributed by atoms with Crippen molar-refractivity contribution in [2.45, 2.75) is 35.5 Å². The summed E-state index contributed by atoms with van der Waals surface area (Å²) in [7, 11) is 0. The van der Waals surface area contributed by atoms with Gasteiger partial charge in [-0.05, 0) is 48.9 Å². The SMILES string of the molecule is NSc1cc2c(cc1Cl)N=C(CCCCCO[N+](=O)[O-])NS2. The second kappa shape index (κ2) is 8.47. The number of unbranched alkanes of at least 4 members (excludes halogenated alkanes) is 2. The first kappa shape index (κ1) is 17.2. The number of aliphatic imine (C=N–C) groups is 1. The van der Waals surface area contributed by atoms with Crippen molar-refractivity contribution in [1.29, 1.82) is 0 Å². The molecule has 0 amide bonds. The summed E-state index contributed by atoms with van der Waals surface area (Å²) >= 11 is 8.72. The van der Waals surface area contributed by atoms with Gasteiger partial charge in [0.05, 0.1) is 22.2 Å². The predicted octanol–water partition coefficient (Wildman–Crippen LogP) is 3.71. The number of fused-ring (bicyclic) bond motifs is 1. The molecule has 1 aliphatic rings. The molecule has 0 atom stereocenters. The van der Waals surface area contributed by atoms with Gasteiger partial charge in [-0.25, -0.2) is 4.99 Å². The van der Waals surface area contributed by atoms with Crippen molar-refractivity contribution >= 4 is 47.0 Å². The van der Waals surface area contributed by atoms with Gasteiger partial charge in [0.25, 0.3) is 5.09 Å². The number of hydrogen-bond donors (Lipinski definition) is 2. The quantitative estimate of drug-likeness (QED) is 0.314. The Kier molecular flexibility index (Phi) is 6.62. The smallest absolute Gasteiger partial charge is 0.294 e. The normalized spacial score (nSPS) is 13.1. The fourth-order valence-electron chi connectivity index (χ4n) is 1.88. The molecule has 3 N–H and O–H groups in total. The van der Waals surface area contributed by atoms with Gasteiger partial charge in [0.15, 0.2) is 0 Å². The number of nitrogens with two attached hydrogens (primary N) is 1. The highest BCUT2D eigenvalue weighted by Crippen LogP contribution is 2.38. The molecule has 0 aliphatic carbocycles. The molecule has 0 saturated heterocycles. The number of amidine groups is 1. The molecule has 0 aromatic heterocycles. The van der Waals surface area contributed by atoms with E-state index >= 15 is 0 Å². The third-order valence-corrected chi connectivity index (χ3v) is 4.83. The zero-order valence-corrected chi connectivity index (χ0v) is 14.0. The molecule has 0 saturated carbocycles. The second-order valence-electron chi connectivity index (χ2n) is 4.50. The Hall–Kier alpha value is -1.16. The number of nitrogens with one attached hydrogen (secondary N) is 1. The van der Waals surface area contributed by atoms with E-state index in [0.717, 1.165) is 52.5 Å². The van der Waals surface area contributed by atoms with Crippen molar-refractivity contribution in [3.8, 4) is 0 Å². The molecule has 22 heavy (non-hydrogen) atoms. The summed E-state index contributed by atoms with van der Waals surface area (Å²) in [6, 6.07) is 3.72. The van der Waals surface area contributed by atoms with Gasteiger partial charge in [0.2, 0.25) is 0 Å².